The van der Waals surface area contributed by atoms with Gasteiger partial charge in [-0.3, -0.25) is 4.79 Å². The summed E-state index contributed by atoms with van der Waals surface area (Å²) in [6.45, 7) is 4.21. The fraction of sp³-hybridized carbons (Fsp3) is 0.400. The number of hydrogen-bond donors (Lipinski definition) is 2. The molecule has 1 aromatic carbocycles. The van der Waals surface area contributed by atoms with Gasteiger partial charge in [-0.25, -0.2) is 8.42 Å². The lowest BCUT2D eigenvalue weighted by molar-refractivity contribution is 0.432. The first-order chi connectivity index (χ1) is 10.5. The first-order valence-electron chi connectivity index (χ1n) is 7.34. The van der Waals surface area contributed by atoms with E-state index in [-0.39, 0.29) is 22.9 Å². The summed E-state index contributed by atoms with van der Waals surface area (Å²) in [6.07, 6.45) is 2.34. The lowest BCUT2D eigenvalue weighted by Crippen LogP contribution is -2.34. The number of fused-ring (bicyclic) bond motifs is 1. The molecule has 1 fully saturated rings. The Kier molecular flexibility index (Phi) is 5.46. The van der Waals surface area contributed by atoms with E-state index < -0.39 is 10.0 Å². The van der Waals surface area contributed by atoms with Gasteiger partial charge in [0.05, 0.1) is 4.90 Å². The van der Waals surface area contributed by atoms with Gasteiger partial charge < -0.3 is 10.3 Å². The molecule has 0 atom stereocenters. The Morgan fingerprint density at radius 3 is 2.74 bits per heavy atom. The molecule has 8 heteroatoms. The Balaban J connectivity index is 0.00000192. The molecule has 1 aliphatic rings. The highest BCUT2D eigenvalue weighted by Crippen LogP contribution is 2.26. The minimum Gasteiger partial charge on any atom is -0.328 e. The summed E-state index contributed by atoms with van der Waals surface area (Å²) in [5, 5.41) is 4.13. The molecule has 0 radical (unpaired) electrons. The van der Waals surface area contributed by atoms with E-state index in [0.29, 0.717) is 30.4 Å². The van der Waals surface area contributed by atoms with Crippen LogP contribution in [0.4, 0.5) is 0 Å². The zero-order chi connectivity index (χ0) is 15.7. The lowest BCUT2D eigenvalue weighted by Gasteiger charge is -2.21. The summed E-state index contributed by atoms with van der Waals surface area (Å²) in [5.41, 5.74) is 0.483. The summed E-state index contributed by atoms with van der Waals surface area (Å²) >= 11 is 0. The van der Waals surface area contributed by atoms with Crippen molar-refractivity contribution in [3.63, 3.8) is 0 Å². The number of pyridine rings is 1. The van der Waals surface area contributed by atoms with Gasteiger partial charge in [-0.15, -0.1) is 12.4 Å². The standard InChI is InChI=1S/C15H19N3O3S.ClH/c1-11-10-17-15(19)12-4-2-5-13(14(11)12)22(20,21)18-8-3-6-16-7-9-18;/h2,4-5,10,16H,3,6-9H2,1H3,(H,17,19);1H. The van der Waals surface area contributed by atoms with Crippen molar-refractivity contribution in [1.82, 2.24) is 14.6 Å². The number of H-pyrrole nitrogens is 1. The van der Waals surface area contributed by atoms with Crippen LogP contribution in [0.2, 0.25) is 0 Å². The minimum atomic E-state index is -3.61. The molecule has 0 saturated carbocycles. The second-order valence-electron chi connectivity index (χ2n) is 5.49. The Morgan fingerprint density at radius 2 is 1.96 bits per heavy atom. The van der Waals surface area contributed by atoms with E-state index in [9.17, 15) is 13.2 Å². The molecule has 0 bridgehead atoms. The fourth-order valence-corrected chi connectivity index (χ4v) is 4.62. The average Bonchev–Trinajstić information content (AvgIpc) is 2.80. The van der Waals surface area contributed by atoms with E-state index >= 15 is 0 Å². The third kappa shape index (κ3) is 3.28. The molecule has 1 saturated heterocycles. The van der Waals surface area contributed by atoms with Crippen LogP contribution in [-0.2, 0) is 10.0 Å². The highest BCUT2D eigenvalue weighted by Gasteiger charge is 2.27. The molecule has 6 nitrogen and oxygen atoms in total. The number of benzene rings is 1. The molecule has 23 heavy (non-hydrogen) atoms. The molecule has 1 aromatic heterocycles. The SMILES string of the molecule is Cc1c[nH]c(=O)c2cccc(S(=O)(=O)N3CCCNCC3)c12.Cl. The number of aromatic nitrogens is 1. The Hall–Kier alpha value is -1.41. The van der Waals surface area contributed by atoms with Crippen LogP contribution in [-0.4, -0.2) is 43.9 Å². The van der Waals surface area contributed by atoms with Crippen LogP contribution in [0.1, 0.15) is 12.0 Å². The topological polar surface area (TPSA) is 82.3 Å². The average molecular weight is 358 g/mol. The summed E-state index contributed by atoms with van der Waals surface area (Å²) < 4.78 is 27.5. The van der Waals surface area contributed by atoms with Crippen LogP contribution >= 0.6 is 12.4 Å². The smallest absolute Gasteiger partial charge is 0.255 e. The second-order valence-corrected chi connectivity index (χ2v) is 7.39. The lowest BCUT2D eigenvalue weighted by atomic mass is 10.1. The van der Waals surface area contributed by atoms with Gasteiger partial charge in [0.2, 0.25) is 10.0 Å². The highest BCUT2D eigenvalue weighted by molar-refractivity contribution is 7.89. The van der Waals surface area contributed by atoms with Crippen molar-refractivity contribution in [1.29, 1.82) is 0 Å². The van der Waals surface area contributed by atoms with E-state index in [4.69, 9.17) is 0 Å². The molecule has 0 spiro atoms. The number of rotatable bonds is 2. The predicted molar refractivity (Wildman–Crippen MR) is 92.8 cm³/mol. The molecule has 3 rings (SSSR count). The third-order valence-corrected chi connectivity index (χ3v) is 5.94. The van der Waals surface area contributed by atoms with Gasteiger partial charge in [-0.05, 0) is 37.6 Å². The van der Waals surface area contributed by atoms with Crippen molar-refractivity contribution >= 4 is 33.2 Å². The second kappa shape index (κ2) is 7.00. The molecule has 2 aromatic rings. The Bertz CT molecular complexity index is 856. The van der Waals surface area contributed by atoms with Crippen LogP contribution in [0, 0.1) is 6.92 Å². The molecule has 0 amide bonds. The number of aryl methyl sites for hydroxylation is 1. The Morgan fingerprint density at radius 1 is 1.17 bits per heavy atom. The van der Waals surface area contributed by atoms with Crippen molar-refractivity contribution in [3.8, 4) is 0 Å². The van der Waals surface area contributed by atoms with Crippen LogP contribution in [0.25, 0.3) is 10.8 Å². The molecule has 0 aliphatic carbocycles. The van der Waals surface area contributed by atoms with Gasteiger partial charge in [0.15, 0.2) is 0 Å². The van der Waals surface area contributed by atoms with Gasteiger partial charge in [-0.1, -0.05) is 6.07 Å². The van der Waals surface area contributed by atoms with E-state index in [2.05, 4.69) is 10.3 Å². The third-order valence-electron chi connectivity index (χ3n) is 4.00. The van der Waals surface area contributed by atoms with Gasteiger partial charge in [-0.2, -0.15) is 4.31 Å². The minimum absolute atomic E-state index is 0. The number of hydrogen-bond acceptors (Lipinski definition) is 4. The molecular formula is C15H20ClN3O3S. The molecule has 2 N–H and O–H groups in total. The van der Waals surface area contributed by atoms with Crippen molar-refractivity contribution in [2.24, 2.45) is 0 Å². The number of aromatic amines is 1. The van der Waals surface area contributed by atoms with Crippen molar-refractivity contribution in [3.05, 3.63) is 40.3 Å². The zero-order valence-corrected chi connectivity index (χ0v) is 14.5. The number of halogens is 1. The summed E-state index contributed by atoms with van der Waals surface area (Å²) in [5.74, 6) is 0. The number of nitrogens with one attached hydrogen (secondary N) is 2. The number of sulfonamides is 1. The van der Waals surface area contributed by atoms with E-state index in [0.717, 1.165) is 18.5 Å². The van der Waals surface area contributed by atoms with Crippen LogP contribution in [0.3, 0.4) is 0 Å². The normalized spacial score (nSPS) is 16.7. The zero-order valence-electron chi connectivity index (χ0n) is 12.8. The van der Waals surface area contributed by atoms with Crippen LogP contribution < -0.4 is 10.9 Å². The molecule has 1 aliphatic heterocycles. The maximum atomic E-state index is 13.0. The van der Waals surface area contributed by atoms with E-state index in [1.165, 1.54) is 4.31 Å². The number of nitrogens with zero attached hydrogens (tertiary/aromatic N) is 1. The monoisotopic (exact) mass is 357 g/mol. The van der Waals surface area contributed by atoms with Gasteiger partial charge >= 0.3 is 0 Å². The Labute approximate surface area is 141 Å². The van der Waals surface area contributed by atoms with Crippen molar-refractivity contribution in [2.45, 2.75) is 18.2 Å². The predicted octanol–water partition coefficient (Wildman–Crippen LogP) is 1.24. The summed E-state index contributed by atoms with van der Waals surface area (Å²) in [6, 6.07) is 4.87. The van der Waals surface area contributed by atoms with Crippen molar-refractivity contribution in [2.75, 3.05) is 26.2 Å². The van der Waals surface area contributed by atoms with Crippen LogP contribution in [0.15, 0.2) is 34.1 Å². The van der Waals surface area contributed by atoms with E-state index in [1.807, 2.05) is 0 Å². The first kappa shape index (κ1) is 17.9. The molecular weight excluding hydrogens is 338 g/mol. The summed E-state index contributed by atoms with van der Waals surface area (Å²) in [7, 11) is -3.61. The molecule has 126 valence electrons. The molecule has 2 heterocycles. The highest BCUT2D eigenvalue weighted by atomic mass is 35.5. The first-order valence-corrected chi connectivity index (χ1v) is 8.78. The van der Waals surface area contributed by atoms with Crippen LogP contribution in [0.5, 0.6) is 0 Å². The van der Waals surface area contributed by atoms with Crippen molar-refractivity contribution < 1.29 is 8.42 Å². The quantitative estimate of drug-likeness (QED) is 0.847. The van der Waals surface area contributed by atoms with Gasteiger partial charge in [0.1, 0.15) is 0 Å². The summed E-state index contributed by atoms with van der Waals surface area (Å²) in [4.78, 5) is 14.8. The van der Waals surface area contributed by atoms with Gasteiger partial charge in [0, 0.05) is 36.6 Å². The molecule has 0 unspecified atom stereocenters. The maximum Gasteiger partial charge on any atom is 0.255 e. The fourth-order valence-electron chi connectivity index (χ4n) is 2.87. The largest absolute Gasteiger partial charge is 0.328 e. The van der Waals surface area contributed by atoms with Gasteiger partial charge in [0.25, 0.3) is 5.56 Å². The maximum absolute atomic E-state index is 13.0. The van der Waals surface area contributed by atoms with E-state index in [1.54, 1.807) is 31.3 Å².